The number of nitrogens with one attached hydrogen (secondary N) is 1. The molecule has 0 fully saturated rings. The molecule has 0 unspecified atom stereocenters. The number of carboxylic acids is 1. The van der Waals surface area contributed by atoms with Crippen molar-refractivity contribution in [3.63, 3.8) is 0 Å². The van der Waals surface area contributed by atoms with Crippen molar-refractivity contribution in [3.8, 4) is 10.6 Å². The third-order valence-corrected chi connectivity index (χ3v) is 3.03. The molecule has 0 saturated carbocycles. The monoisotopic (exact) mass is 274 g/mol. The third kappa shape index (κ3) is 3.75. The van der Waals surface area contributed by atoms with Crippen molar-refractivity contribution in [3.05, 3.63) is 48.0 Å². The van der Waals surface area contributed by atoms with Crippen molar-refractivity contribution in [1.29, 1.82) is 0 Å². The van der Waals surface area contributed by atoms with Gasteiger partial charge >= 0.3 is 5.97 Å². The van der Waals surface area contributed by atoms with Gasteiger partial charge in [-0.05, 0) is 24.3 Å². The second-order valence-corrected chi connectivity index (χ2v) is 4.47. The van der Waals surface area contributed by atoms with Crippen molar-refractivity contribution < 1.29 is 14.7 Å². The van der Waals surface area contributed by atoms with E-state index in [1.54, 1.807) is 18.3 Å². The molecule has 0 atom stereocenters. The zero-order valence-electron chi connectivity index (χ0n) is 9.74. The second kappa shape index (κ2) is 5.92. The lowest BCUT2D eigenvalue weighted by molar-refractivity contribution is -0.131. The zero-order chi connectivity index (χ0) is 13.7. The topological polar surface area (TPSA) is 79.3 Å². The number of hydrogen-bond donors (Lipinski definition) is 2. The molecule has 19 heavy (non-hydrogen) atoms. The summed E-state index contributed by atoms with van der Waals surface area (Å²) >= 11 is 1.53. The van der Waals surface area contributed by atoms with Crippen molar-refractivity contribution in [2.24, 2.45) is 0 Å². The highest BCUT2D eigenvalue weighted by molar-refractivity contribution is 7.13. The molecule has 1 aromatic carbocycles. The Hall–Kier alpha value is -2.47. The number of carbonyl (C=O) groups excluding carboxylic acids is 1. The Bertz CT molecular complexity index is 603. The number of anilines is 1. The maximum absolute atomic E-state index is 11.4. The number of benzene rings is 1. The third-order valence-electron chi connectivity index (χ3n) is 2.21. The smallest absolute Gasteiger partial charge is 0.328 e. The number of nitrogens with zero attached hydrogens (tertiary/aromatic N) is 1. The van der Waals surface area contributed by atoms with Gasteiger partial charge in [0.25, 0.3) is 0 Å². The average Bonchev–Trinajstić information content (AvgIpc) is 2.91. The van der Waals surface area contributed by atoms with Gasteiger partial charge < -0.3 is 10.4 Å². The van der Waals surface area contributed by atoms with Crippen LogP contribution >= 0.6 is 11.3 Å². The van der Waals surface area contributed by atoms with Gasteiger partial charge in [0.15, 0.2) is 0 Å². The molecule has 0 aliphatic carbocycles. The van der Waals surface area contributed by atoms with Crippen LogP contribution in [0.3, 0.4) is 0 Å². The summed E-state index contributed by atoms with van der Waals surface area (Å²) in [5.41, 5.74) is 1.56. The molecule has 2 aromatic rings. The molecule has 5 nitrogen and oxygen atoms in total. The summed E-state index contributed by atoms with van der Waals surface area (Å²) in [4.78, 5) is 25.8. The first-order chi connectivity index (χ1) is 9.15. The van der Waals surface area contributed by atoms with Gasteiger partial charge in [0.05, 0.1) is 0 Å². The maximum atomic E-state index is 11.4. The minimum atomic E-state index is -1.16. The number of hydrogen-bond acceptors (Lipinski definition) is 4. The Labute approximate surface area is 113 Å². The highest BCUT2D eigenvalue weighted by Crippen LogP contribution is 2.23. The number of amides is 1. The fraction of sp³-hybridized carbons (Fsp3) is 0. The van der Waals surface area contributed by atoms with Crippen LogP contribution in [0.5, 0.6) is 0 Å². The molecule has 0 bridgehead atoms. The van der Waals surface area contributed by atoms with E-state index in [1.165, 1.54) is 11.3 Å². The van der Waals surface area contributed by atoms with E-state index in [-0.39, 0.29) is 0 Å². The van der Waals surface area contributed by atoms with E-state index in [0.717, 1.165) is 22.7 Å². The summed E-state index contributed by atoms with van der Waals surface area (Å²) < 4.78 is 0. The Morgan fingerprint density at radius 2 is 1.95 bits per heavy atom. The Morgan fingerprint density at radius 1 is 1.21 bits per heavy atom. The molecule has 6 heteroatoms. The molecule has 0 saturated heterocycles. The van der Waals surface area contributed by atoms with Gasteiger partial charge in [0.1, 0.15) is 5.01 Å². The molecule has 0 aliphatic heterocycles. The summed E-state index contributed by atoms with van der Waals surface area (Å²) in [7, 11) is 0. The summed E-state index contributed by atoms with van der Waals surface area (Å²) in [5, 5.41) is 13.8. The van der Waals surface area contributed by atoms with E-state index < -0.39 is 11.9 Å². The van der Waals surface area contributed by atoms with Crippen LogP contribution in [-0.4, -0.2) is 22.0 Å². The van der Waals surface area contributed by atoms with Gasteiger partial charge in [0, 0.05) is 35.0 Å². The summed E-state index contributed by atoms with van der Waals surface area (Å²) in [5.74, 6) is -1.64. The van der Waals surface area contributed by atoms with Crippen LogP contribution in [0.25, 0.3) is 10.6 Å². The molecule has 0 radical (unpaired) electrons. The Kier molecular flexibility index (Phi) is 4.04. The van der Waals surface area contributed by atoms with E-state index in [9.17, 15) is 9.59 Å². The lowest BCUT2D eigenvalue weighted by Gasteiger charge is -2.02. The van der Waals surface area contributed by atoms with Crippen LogP contribution in [0, 0.1) is 0 Å². The van der Waals surface area contributed by atoms with Gasteiger partial charge in [-0.15, -0.1) is 11.3 Å². The van der Waals surface area contributed by atoms with E-state index in [2.05, 4.69) is 10.3 Å². The normalized spacial score (nSPS) is 10.5. The minimum absolute atomic E-state index is 0.482. The largest absolute Gasteiger partial charge is 0.478 e. The molecule has 96 valence electrons. The SMILES string of the molecule is O=C(O)/C=C/C(=O)Nc1ccc(-c2nccs2)cc1. The summed E-state index contributed by atoms with van der Waals surface area (Å²) in [6.07, 6.45) is 3.49. The van der Waals surface area contributed by atoms with E-state index in [0.29, 0.717) is 5.69 Å². The summed E-state index contributed by atoms with van der Waals surface area (Å²) in [6, 6.07) is 7.16. The summed E-state index contributed by atoms with van der Waals surface area (Å²) in [6.45, 7) is 0. The molecule has 0 spiro atoms. The van der Waals surface area contributed by atoms with Crippen molar-refractivity contribution in [2.75, 3.05) is 5.32 Å². The van der Waals surface area contributed by atoms with Crippen molar-refractivity contribution in [1.82, 2.24) is 4.98 Å². The number of aromatic nitrogens is 1. The second-order valence-electron chi connectivity index (χ2n) is 3.58. The van der Waals surface area contributed by atoms with Crippen LogP contribution < -0.4 is 5.32 Å². The maximum Gasteiger partial charge on any atom is 0.328 e. The fourth-order valence-corrected chi connectivity index (χ4v) is 2.04. The minimum Gasteiger partial charge on any atom is -0.478 e. The first-order valence-electron chi connectivity index (χ1n) is 5.37. The number of aliphatic carboxylic acids is 1. The Morgan fingerprint density at radius 3 is 2.53 bits per heavy atom. The number of carbonyl (C=O) groups is 2. The predicted octanol–water partition coefficient (Wildman–Crippen LogP) is 2.39. The van der Waals surface area contributed by atoms with Crippen molar-refractivity contribution >= 4 is 28.9 Å². The lowest BCUT2D eigenvalue weighted by atomic mass is 10.2. The highest BCUT2D eigenvalue weighted by Gasteiger charge is 2.02. The first kappa shape index (κ1) is 13.0. The van der Waals surface area contributed by atoms with Gasteiger partial charge in [-0.3, -0.25) is 4.79 Å². The fourth-order valence-electron chi connectivity index (χ4n) is 1.39. The zero-order valence-corrected chi connectivity index (χ0v) is 10.6. The van der Waals surface area contributed by atoms with Crippen LogP contribution in [0.15, 0.2) is 48.0 Å². The molecular weight excluding hydrogens is 264 g/mol. The Balaban J connectivity index is 2.03. The van der Waals surface area contributed by atoms with Crippen LogP contribution in [0.1, 0.15) is 0 Å². The van der Waals surface area contributed by atoms with Crippen LogP contribution in [0.2, 0.25) is 0 Å². The van der Waals surface area contributed by atoms with Gasteiger partial charge in [0.2, 0.25) is 5.91 Å². The number of carboxylic acid groups (broad SMARTS) is 1. The molecule has 0 aliphatic rings. The van der Waals surface area contributed by atoms with E-state index >= 15 is 0 Å². The van der Waals surface area contributed by atoms with Crippen LogP contribution in [-0.2, 0) is 9.59 Å². The van der Waals surface area contributed by atoms with Crippen LogP contribution in [0.4, 0.5) is 5.69 Å². The average molecular weight is 274 g/mol. The molecule has 2 rings (SSSR count). The standard InChI is InChI=1S/C13H10N2O3S/c16-11(5-6-12(17)18)15-10-3-1-9(2-4-10)13-14-7-8-19-13/h1-8H,(H,15,16)(H,17,18)/b6-5+. The molecule has 1 aromatic heterocycles. The molecular formula is C13H10N2O3S. The van der Waals surface area contributed by atoms with Gasteiger partial charge in [-0.25, -0.2) is 9.78 Å². The van der Waals surface area contributed by atoms with Gasteiger partial charge in [-0.1, -0.05) is 0 Å². The number of rotatable bonds is 4. The van der Waals surface area contributed by atoms with E-state index in [1.807, 2.05) is 17.5 Å². The number of thiazole rings is 1. The molecule has 1 amide bonds. The van der Waals surface area contributed by atoms with Gasteiger partial charge in [-0.2, -0.15) is 0 Å². The molecule has 1 heterocycles. The first-order valence-corrected chi connectivity index (χ1v) is 6.25. The van der Waals surface area contributed by atoms with Crippen molar-refractivity contribution in [2.45, 2.75) is 0 Å². The highest BCUT2D eigenvalue weighted by atomic mass is 32.1. The lowest BCUT2D eigenvalue weighted by Crippen LogP contribution is -2.08. The molecule has 2 N–H and O–H groups in total. The van der Waals surface area contributed by atoms with E-state index in [4.69, 9.17) is 5.11 Å². The quantitative estimate of drug-likeness (QED) is 0.839. The predicted molar refractivity (Wildman–Crippen MR) is 73.0 cm³/mol.